The van der Waals surface area contributed by atoms with Crippen LogP contribution in [0.1, 0.15) is 66.2 Å². The number of rotatable bonds is 3. The van der Waals surface area contributed by atoms with Crippen molar-refractivity contribution >= 4 is 5.78 Å². The summed E-state index contributed by atoms with van der Waals surface area (Å²) >= 11 is 0. The highest BCUT2D eigenvalue weighted by molar-refractivity contribution is 5.87. The van der Waals surface area contributed by atoms with Crippen molar-refractivity contribution in [2.75, 3.05) is 13.7 Å². The molecule has 2 bridgehead atoms. The first kappa shape index (κ1) is 19.3. The van der Waals surface area contributed by atoms with Gasteiger partial charge in [0.2, 0.25) is 0 Å². The highest BCUT2D eigenvalue weighted by Gasteiger charge is 2.67. The van der Waals surface area contributed by atoms with Crippen molar-refractivity contribution in [2.24, 2.45) is 34.0 Å². The minimum absolute atomic E-state index is 0.00886. The summed E-state index contributed by atoms with van der Waals surface area (Å²) in [5, 5.41) is 21.0. The number of aliphatic hydroxyl groups is 2. The molecule has 0 radical (unpaired) electrons. The maximum atomic E-state index is 13.5. The number of carbonyl (C=O) groups is 1. The van der Waals surface area contributed by atoms with Crippen LogP contribution in [0.3, 0.4) is 0 Å². The molecule has 0 aromatic rings. The van der Waals surface area contributed by atoms with Crippen LogP contribution < -0.4 is 0 Å². The van der Waals surface area contributed by atoms with E-state index in [4.69, 9.17) is 4.74 Å². The van der Waals surface area contributed by atoms with Crippen molar-refractivity contribution in [3.8, 4) is 0 Å². The number of hydrogen-bond acceptors (Lipinski definition) is 4. The van der Waals surface area contributed by atoms with Crippen molar-refractivity contribution in [3.63, 3.8) is 0 Å². The van der Waals surface area contributed by atoms with E-state index in [0.29, 0.717) is 18.8 Å². The number of methoxy groups -OCH3 is 1. The lowest BCUT2D eigenvalue weighted by molar-refractivity contribution is -0.192. The van der Waals surface area contributed by atoms with Gasteiger partial charge in [-0.1, -0.05) is 27.7 Å². The summed E-state index contributed by atoms with van der Waals surface area (Å²) in [5.74, 6) is 0.809. The van der Waals surface area contributed by atoms with Crippen LogP contribution in [-0.4, -0.2) is 41.9 Å². The molecule has 2 N–H and O–H groups in total. The molecule has 3 aliphatic rings. The van der Waals surface area contributed by atoms with E-state index in [9.17, 15) is 15.0 Å². The van der Waals surface area contributed by atoms with Crippen LogP contribution in [-0.2, 0) is 9.53 Å². The number of ketones is 1. The summed E-state index contributed by atoms with van der Waals surface area (Å²) in [6, 6.07) is 0. The maximum absolute atomic E-state index is 13.5. The van der Waals surface area contributed by atoms with Crippen molar-refractivity contribution in [2.45, 2.75) is 78.4 Å². The van der Waals surface area contributed by atoms with E-state index in [2.05, 4.69) is 20.8 Å². The van der Waals surface area contributed by atoms with Gasteiger partial charge in [0.25, 0.3) is 0 Å². The van der Waals surface area contributed by atoms with Gasteiger partial charge >= 0.3 is 0 Å². The van der Waals surface area contributed by atoms with Crippen LogP contribution in [0.25, 0.3) is 0 Å². The van der Waals surface area contributed by atoms with E-state index in [1.54, 1.807) is 7.11 Å². The SMILES string of the molecule is CO[C@@H]1CCC23CC[C@@H](C)[C@](C)(C12)[C@H](O)C[C@@](C)(CCO)C(=O)[C@@H]3C. The Labute approximate surface area is 152 Å². The van der Waals surface area contributed by atoms with E-state index in [1.807, 2.05) is 6.92 Å². The third kappa shape index (κ3) is 2.47. The van der Waals surface area contributed by atoms with E-state index in [-0.39, 0.29) is 41.2 Å². The van der Waals surface area contributed by atoms with Gasteiger partial charge in [-0.15, -0.1) is 0 Å². The minimum atomic E-state index is -0.644. The van der Waals surface area contributed by atoms with Crippen molar-refractivity contribution < 1.29 is 19.7 Å². The predicted molar refractivity (Wildman–Crippen MR) is 97.1 cm³/mol. The third-order valence-corrected chi connectivity index (χ3v) is 8.84. The Kier molecular flexibility index (Phi) is 4.88. The van der Waals surface area contributed by atoms with Gasteiger partial charge in [-0.2, -0.15) is 0 Å². The molecule has 3 saturated carbocycles. The topological polar surface area (TPSA) is 66.8 Å². The second-order valence-corrected chi connectivity index (χ2v) is 9.67. The number of aliphatic hydroxyl groups excluding tert-OH is 2. The molecule has 0 amide bonds. The number of ether oxygens (including phenoxy) is 1. The second kappa shape index (κ2) is 6.31. The zero-order chi connectivity index (χ0) is 18.6. The van der Waals surface area contributed by atoms with E-state index >= 15 is 0 Å². The van der Waals surface area contributed by atoms with Gasteiger partial charge < -0.3 is 14.9 Å². The van der Waals surface area contributed by atoms with Gasteiger partial charge in [0, 0.05) is 30.5 Å². The van der Waals surface area contributed by atoms with E-state index < -0.39 is 11.5 Å². The fraction of sp³-hybridized carbons (Fsp3) is 0.952. The lowest BCUT2D eigenvalue weighted by Crippen LogP contribution is -2.62. The first-order valence-electron chi connectivity index (χ1n) is 10.0. The number of carbonyl (C=O) groups excluding carboxylic acids is 1. The molecule has 144 valence electrons. The van der Waals surface area contributed by atoms with Crippen LogP contribution in [0.15, 0.2) is 0 Å². The van der Waals surface area contributed by atoms with Gasteiger partial charge in [-0.3, -0.25) is 4.79 Å². The Morgan fingerprint density at radius 1 is 1.20 bits per heavy atom. The second-order valence-electron chi connectivity index (χ2n) is 9.67. The Morgan fingerprint density at radius 3 is 2.44 bits per heavy atom. The highest BCUT2D eigenvalue weighted by Crippen LogP contribution is 2.68. The summed E-state index contributed by atoms with van der Waals surface area (Å²) < 4.78 is 5.89. The van der Waals surface area contributed by atoms with Gasteiger partial charge in [0.1, 0.15) is 5.78 Å². The minimum Gasteiger partial charge on any atom is -0.396 e. The van der Waals surface area contributed by atoms with Crippen LogP contribution in [0, 0.1) is 34.0 Å². The van der Waals surface area contributed by atoms with Crippen LogP contribution in [0.2, 0.25) is 0 Å². The van der Waals surface area contributed by atoms with Crippen LogP contribution >= 0.6 is 0 Å². The fourth-order valence-corrected chi connectivity index (χ4v) is 7.00. The number of Topliss-reactive ketones (excluding diaryl/α,β-unsaturated/α-hetero) is 1. The molecule has 4 nitrogen and oxygen atoms in total. The molecular weight excluding hydrogens is 316 g/mol. The average Bonchev–Trinajstić information content (AvgIpc) is 2.97. The first-order valence-corrected chi connectivity index (χ1v) is 10.0. The van der Waals surface area contributed by atoms with Crippen LogP contribution in [0.4, 0.5) is 0 Å². The molecule has 0 aromatic heterocycles. The largest absolute Gasteiger partial charge is 0.396 e. The van der Waals surface area contributed by atoms with Gasteiger partial charge in [-0.05, 0) is 55.8 Å². The van der Waals surface area contributed by atoms with Gasteiger partial charge in [0.15, 0.2) is 0 Å². The average molecular weight is 353 g/mol. The zero-order valence-corrected chi connectivity index (χ0v) is 16.5. The molecule has 0 heterocycles. The molecule has 25 heavy (non-hydrogen) atoms. The Morgan fingerprint density at radius 2 is 1.84 bits per heavy atom. The van der Waals surface area contributed by atoms with E-state index in [0.717, 1.165) is 25.7 Å². The molecule has 3 aliphatic carbocycles. The molecule has 0 aromatic carbocycles. The summed E-state index contributed by atoms with van der Waals surface area (Å²) in [6.45, 7) is 8.55. The number of hydrogen-bond donors (Lipinski definition) is 2. The van der Waals surface area contributed by atoms with Crippen LogP contribution in [0.5, 0.6) is 0 Å². The highest BCUT2D eigenvalue weighted by atomic mass is 16.5. The summed E-state index contributed by atoms with van der Waals surface area (Å²) in [7, 11) is 1.78. The lowest BCUT2D eigenvalue weighted by Gasteiger charge is -2.61. The Balaban J connectivity index is 2.16. The van der Waals surface area contributed by atoms with Crippen molar-refractivity contribution in [1.82, 2.24) is 0 Å². The van der Waals surface area contributed by atoms with Crippen molar-refractivity contribution in [3.05, 3.63) is 0 Å². The van der Waals surface area contributed by atoms with Gasteiger partial charge in [0.05, 0.1) is 12.2 Å². The first-order chi connectivity index (χ1) is 11.7. The molecular formula is C21H36O4. The normalized spacial score (nSPS) is 53.2. The molecule has 2 unspecified atom stereocenters. The fourth-order valence-electron chi connectivity index (χ4n) is 7.00. The molecule has 3 fully saturated rings. The predicted octanol–water partition coefficient (Wildman–Crippen LogP) is 3.19. The van der Waals surface area contributed by atoms with E-state index in [1.165, 1.54) is 0 Å². The lowest BCUT2D eigenvalue weighted by atomic mass is 9.44. The Bertz CT molecular complexity index is 534. The summed E-state index contributed by atoms with van der Waals surface area (Å²) in [5.41, 5.74) is -0.965. The molecule has 0 spiro atoms. The smallest absolute Gasteiger partial charge is 0.142 e. The molecule has 4 heteroatoms. The Hall–Kier alpha value is -0.450. The standard InChI is InChI=1S/C21H36O4/c1-13-6-8-21-9-7-15(25-5)17(21)20(13,4)16(23)12-19(3,10-11-22)18(24)14(21)2/h13-17,22-23H,6-12H2,1-5H3/t13-,14+,15-,16-,17?,19-,20+,21?/m1/s1. The quantitative estimate of drug-likeness (QED) is 0.818. The van der Waals surface area contributed by atoms with Crippen molar-refractivity contribution in [1.29, 1.82) is 0 Å². The monoisotopic (exact) mass is 352 g/mol. The third-order valence-electron chi connectivity index (χ3n) is 8.84. The summed E-state index contributed by atoms with van der Waals surface area (Å²) in [4.78, 5) is 13.5. The maximum Gasteiger partial charge on any atom is 0.142 e. The molecule has 8 atom stereocenters. The molecule has 3 rings (SSSR count). The molecule has 0 aliphatic heterocycles. The van der Waals surface area contributed by atoms with Gasteiger partial charge in [-0.25, -0.2) is 0 Å². The zero-order valence-electron chi connectivity index (χ0n) is 16.5. The summed E-state index contributed by atoms with van der Waals surface area (Å²) in [6.07, 6.45) is 4.55. The molecule has 0 saturated heterocycles.